The maximum atomic E-state index is 12.4. The summed E-state index contributed by atoms with van der Waals surface area (Å²) in [7, 11) is -3.20. The summed E-state index contributed by atoms with van der Waals surface area (Å²) in [4.78, 5) is 22.7. The highest BCUT2D eigenvalue weighted by Gasteiger charge is 2.38. The zero-order valence-electron chi connectivity index (χ0n) is 19.0. The molecule has 11 nitrogen and oxygen atoms in total. The van der Waals surface area contributed by atoms with Crippen molar-refractivity contribution in [2.24, 2.45) is 0 Å². The molecule has 0 bridgehead atoms. The number of rotatable bonds is 5. The van der Waals surface area contributed by atoms with Crippen molar-refractivity contribution in [2.75, 3.05) is 60.7 Å². The van der Waals surface area contributed by atoms with Crippen LogP contribution in [0.3, 0.4) is 0 Å². The minimum absolute atomic E-state index is 0.0907. The Morgan fingerprint density at radius 3 is 2.67 bits per heavy atom. The van der Waals surface area contributed by atoms with Crippen molar-refractivity contribution in [2.45, 2.75) is 38.8 Å². The SMILES string of the molecule is CCS(=O)(=O)N1CC[C@H](N2CCc3c(-c4cnc(N)nc4)nc(N4CCOC[C@@H]4C)nc32)C1. The first-order valence-corrected chi connectivity index (χ1v) is 13.1. The third kappa shape index (κ3) is 4.11. The Bertz CT molecular complexity index is 1130. The summed E-state index contributed by atoms with van der Waals surface area (Å²) in [5.41, 5.74) is 8.37. The molecule has 178 valence electrons. The molecule has 0 saturated carbocycles. The van der Waals surface area contributed by atoms with Gasteiger partial charge in [0.1, 0.15) is 5.82 Å². The highest BCUT2D eigenvalue weighted by atomic mass is 32.2. The van der Waals surface area contributed by atoms with Crippen LogP contribution in [-0.2, 0) is 21.2 Å². The van der Waals surface area contributed by atoms with E-state index in [-0.39, 0.29) is 23.8 Å². The molecule has 0 amide bonds. The molecule has 2 saturated heterocycles. The van der Waals surface area contributed by atoms with Gasteiger partial charge in [0.2, 0.25) is 21.9 Å². The molecule has 5 heterocycles. The van der Waals surface area contributed by atoms with Crippen molar-refractivity contribution in [3.05, 3.63) is 18.0 Å². The molecule has 0 aromatic carbocycles. The van der Waals surface area contributed by atoms with E-state index < -0.39 is 10.0 Å². The summed E-state index contributed by atoms with van der Waals surface area (Å²) >= 11 is 0. The lowest BCUT2D eigenvalue weighted by Gasteiger charge is -2.34. The standard InChI is InChI=1S/C21H30N8O3S/c1-3-33(30,31)27-6-4-16(12-27)29-7-5-17-18(15-10-23-20(22)24-11-15)25-21(26-19(17)29)28-8-9-32-13-14(28)2/h10-11,14,16H,3-9,12-13H2,1-2H3,(H2,22,23,24)/t14-,16-/m0/s1. The molecule has 12 heteroatoms. The van der Waals surface area contributed by atoms with Crippen molar-refractivity contribution in [1.82, 2.24) is 24.2 Å². The molecule has 2 aromatic heterocycles. The summed E-state index contributed by atoms with van der Waals surface area (Å²) in [5.74, 6) is 1.88. The average Bonchev–Trinajstić information content (AvgIpc) is 3.47. The van der Waals surface area contributed by atoms with Crippen LogP contribution in [0.25, 0.3) is 11.3 Å². The Balaban J connectivity index is 1.54. The molecule has 33 heavy (non-hydrogen) atoms. The monoisotopic (exact) mass is 474 g/mol. The van der Waals surface area contributed by atoms with Crippen LogP contribution >= 0.6 is 0 Å². The smallest absolute Gasteiger partial charge is 0.228 e. The lowest BCUT2D eigenvalue weighted by molar-refractivity contribution is 0.0981. The van der Waals surface area contributed by atoms with Gasteiger partial charge in [-0.25, -0.2) is 23.4 Å². The molecule has 3 aliphatic heterocycles. The van der Waals surface area contributed by atoms with Gasteiger partial charge in [0.15, 0.2) is 0 Å². The fourth-order valence-corrected chi connectivity index (χ4v) is 6.02. The van der Waals surface area contributed by atoms with E-state index in [1.54, 1.807) is 23.6 Å². The van der Waals surface area contributed by atoms with Gasteiger partial charge in [-0.05, 0) is 26.7 Å². The van der Waals surface area contributed by atoms with Crippen LogP contribution in [0.2, 0.25) is 0 Å². The van der Waals surface area contributed by atoms with Gasteiger partial charge >= 0.3 is 0 Å². The first kappa shape index (κ1) is 22.2. The summed E-state index contributed by atoms with van der Waals surface area (Å²) in [6, 6.07) is 0.242. The third-order valence-corrected chi connectivity index (χ3v) is 8.59. The molecule has 0 unspecified atom stereocenters. The van der Waals surface area contributed by atoms with Crippen LogP contribution in [0, 0.1) is 0 Å². The van der Waals surface area contributed by atoms with Crippen LogP contribution < -0.4 is 15.5 Å². The molecule has 0 spiro atoms. The van der Waals surface area contributed by atoms with Crippen molar-refractivity contribution in [3.8, 4) is 11.3 Å². The summed E-state index contributed by atoms with van der Waals surface area (Å²) in [6.45, 7) is 7.57. The predicted molar refractivity (Wildman–Crippen MR) is 126 cm³/mol. The van der Waals surface area contributed by atoms with Gasteiger partial charge in [-0.15, -0.1) is 0 Å². The number of sulfonamides is 1. The van der Waals surface area contributed by atoms with Gasteiger partial charge in [0.25, 0.3) is 0 Å². The van der Waals surface area contributed by atoms with Gasteiger partial charge in [-0.3, -0.25) is 0 Å². The second-order valence-electron chi connectivity index (χ2n) is 8.77. The molecule has 3 aliphatic rings. The average molecular weight is 475 g/mol. The topological polar surface area (TPSA) is 131 Å². The molecule has 2 aromatic rings. The minimum Gasteiger partial charge on any atom is -0.377 e. The predicted octanol–water partition coefficient (Wildman–Crippen LogP) is 0.527. The quantitative estimate of drug-likeness (QED) is 0.654. The maximum Gasteiger partial charge on any atom is 0.228 e. The fourth-order valence-electron chi connectivity index (χ4n) is 4.87. The number of anilines is 3. The number of hydrogen-bond acceptors (Lipinski definition) is 10. The van der Waals surface area contributed by atoms with Crippen molar-refractivity contribution in [3.63, 3.8) is 0 Å². The highest BCUT2D eigenvalue weighted by Crippen LogP contribution is 2.38. The van der Waals surface area contributed by atoms with E-state index in [1.165, 1.54) is 0 Å². The molecular weight excluding hydrogens is 444 g/mol. The normalized spacial score (nSPS) is 23.8. The van der Waals surface area contributed by atoms with Gasteiger partial charge in [-0.1, -0.05) is 0 Å². The summed E-state index contributed by atoms with van der Waals surface area (Å²) in [5, 5.41) is 0. The van der Waals surface area contributed by atoms with E-state index in [1.807, 2.05) is 0 Å². The number of nitrogen functional groups attached to an aromatic ring is 1. The lowest BCUT2D eigenvalue weighted by Crippen LogP contribution is -2.45. The Labute approximate surface area is 194 Å². The van der Waals surface area contributed by atoms with E-state index in [4.69, 9.17) is 20.4 Å². The number of fused-ring (bicyclic) bond motifs is 1. The van der Waals surface area contributed by atoms with Crippen molar-refractivity contribution in [1.29, 1.82) is 0 Å². The number of nitrogens with zero attached hydrogens (tertiary/aromatic N) is 7. The largest absolute Gasteiger partial charge is 0.377 e. The third-order valence-electron chi connectivity index (χ3n) is 6.74. The molecule has 0 radical (unpaired) electrons. The molecule has 2 fully saturated rings. The fraction of sp³-hybridized carbons (Fsp3) is 0.619. The summed E-state index contributed by atoms with van der Waals surface area (Å²) in [6.07, 6.45) is 4.97. The summed E-state index contributed by atoms with van der Waals surface area (Å²) < 4.78 is 32.0. The minimum atomic E-state index is -3.20. The Kier molecular flexibility index (Phi) is 5.83. The Morgan fingerprint density at radius 2 is 1.94 bits per heavy atom. The van der Waals surface area contributed by atoms with E-state index >= 15 is 0 Å². The van der Waals surface area contributed by atoms with Crippen LogP contribution in [0.5, 0.6) is 0 Å². The van der Waals surface area contributed by atoms with Gasteiger partial charge in [-0.2, -0.15) is 9.29 Å². The van der Waals surface area contributed by atoms with Crippen LogP contribution in [0.1, 0.15) is 25.8 Å². The van der Waals surface area contributed by atoms with Crippen LogP contribution in [0.4, 0.5) is 17.7 Å². The lowest BCUT2D eigenvalue weighted by atomic mass is 10.1. The van der Waals surface area contributed by atoms with Gasteiger partial charge in [0.05, 0.1) is 30.7 Å². The first-order valence-electron chi connectivity index (χ1n) is 11.4. The number of nitrogens with two attached hydrogens (primary N) is 1. The van der Waals surface area contributed by atoms with Crippen LogP contribution in [-0.4, -0.2) is 89.9 Å². The second kappa shape index (κ2) is 8.65. The first-order chi connectivity index (χ1) is 15.9. The molecule has 5 rings (SSSR count). The zero-order chi connectivity index (χ0) is 23.2. The van der Waals surface area contributed by atoms with Gasteiger partial charge in [0, 0.05) is 55.7 Å². The van der Waals surface area contributed by atoms with Gasteiger partial charge < -0.3 is 20.3 Å². The van der Waals surface area contributed by atoms with Crippen molar-refractivity contribution >= 4 is 27.7 Å². The molecule has 2 atom stereocenters. The van der Waals surface area contributed by atoms with E-state index in [0.717, 1.165) is 42.0 Å². The van der Waals surface area contributed by atoms with Crippen molar-refractivity contribution < 1.29 is 13.2 Å². The molecule has 2 N–H and O–H groups in total. The Hall–Kier alpha value is -2.57. The number of morpholine rings is 1. The maximum absolute atomic E-state index is 12.4. The van der Waals surface area contributed by atoms with E-state index in [0.29, 0.717) is 38.8 Å². The molecular formula is C21H30N8O3S. The zero-order valence-corrected chi connectivity index (χ0v) is 19.8. The Morgan fingerprint density at radius 1 is 1.15 bits per heavy atom. The van der Waals surface area contributed by atoms with E-state index in [2.05, 4.69) is 26.7 Å². The second-order valence-corrected chi connectivity index (χ2v) is 11.0. The van der Waals surface area contributed by atoms with E-state index in [9.17, 15) is 8.42 Å². The van der Waals surface area contributed by atoms with Crippen LogP contribution in [0.15, 0.2) is 12.4 Å². The number of hydrogen-bond donors (Lipinski definition) is 1. The number of aromatic nitrogens is 4. The number of ether oxygens (including phenoxy) is 1. The molecule has 0 aliphatic carbocycles. The highest BCUT2D eigenvalue weighted by molar-refractivity contribution is 7.89.